The van der Waals surface area contributed by atoms with E-state index >= 15 is 0 Å². The van der Waals surface area contributed by atoms with Gasteiger partial charge in [0.05, 0.1) is 0 Å². The molecule has 70 valence electrons. The lowest BCUT2D eigenvalue weighted by molar-refractivity contribution is 0.163. The Kier molecular flexibility index (Phi) is 1.69. The summed E-state index contributed by atoms with van der Waals surface area (Å²) in [7, 11) is 0. The molecule has 0 saturated heterocycles. The van der Waals surface area contributed by atoms with Gasteiger partial charge in [0.25, 0.3) is 0 Å². The average Bonchev–Trinajstić information content (AvgIpc) is 2.29. The van der Waals surface area contributed by atoms with E-state index in [0.717, 1.165) is 18.8 Å². The summed E-state index contributed by atoms with van der Waals surface area (Å²) in [4.78, 5) is 0. The van der Waals surface area contributed by atoms with Crippen LogP contribution < -0.4 is 0 Å². The Hall–Kier alpha value is -1.50. The first kappa shape index (κ1) is 7.86. The molecule has 1 aromatic carbocycles. The summed E-state index contributed by atoms with van der Waals surface area (Å²) in [6.07, 6.45) is 7.45. The van der Waals surface area contributed by atoms with Gasteiger partial charge in [-0.25, -0.2) is 0 Å². The summed E-state index contributed by atoms with van der Waals surface area (Å²) in [6.45, 7) is 0.729. The number of benzene rings is 1. The van der Waals surface area contributed by atoms with E-state index in [9.17, 15) is 0 Å². The lowest BCUT2D eigenvalue weighted by atomic mass is 9.86. The molecule has 0 amide bonds. The van der Waals surface area contributed by atoms with Crippen LogP contribution in [0.5, 0.6) is 0 Å². The highest BCUT2D eigenvalue weighted by Gasteiger charge is 2.25. The molecule has 1 aromatic rings. The summed E-state index contributed by atoms with van der Waals surface area (Å²) in [6, 6.07) is 8.57. The third-order valence-electron chi connectivity index (χ3n) is 2.94. The Labute approximate surface area is 83.7 Å². The van der Waals surface area contributed by atoms with Gasteiger partial charge in [-0.2, -0.15) is 0 Å². The molecule has 1 nitrogen and oxygen atoms in total. The summed E-state index contributed by atoms with van der Waals surface area (Å²) in [5.74, 6) is 1.59. The highest BCUT2D eigenvalue weighted by atomic mass is 16.5. The smallest absolute Gasteiger partial charge is 0.113 e. The van der Waals surface area contributed by atoms with Crippen molar-refractivity contribution in [1.29, 1.82) is 0 Å². The highest BCUT2D eigenvalue weighted by Crippen LogP contribution is 2.38. The summed E-state index contributed by atoms with van der Waals surface area (Å²) in [5, 5.41) is 0. The molecule has 0 bridgehead atoms. The molecule has 14 heavy (non-hydrogen) atoms. The zero-order valence-electron chi connectivity index (χ0n) is 7.94. The molecule has 2 aliphatic rings. The fourth-order valence-electron chi connectivity index (χ4n) is 2.21. The summed E-state index contributed by atoms with van der Waals surface area (Å²) < 4.78 is 5.72. The maximum atomic E-state index is 5.72. The zero-order chi connectivity index (χ0) is 9.38. The lowest BCUT2D eigenvalue weighted by Gasteiger charge is -2.29. The van der Waals surface area contributed by atoms with Crippen LogP contribution in [0.2, 0.25) is 0 Å². The van der Waals surface area contributed by atoms with Crippen LogP contribution in [0, 0.1) is 0 Å². The number of hydrogen-bond donors (Lipinski definition) is 0. The van der Waals surface area contributed by atoms with Crippen LogP contribution in [0.25, 0.3) is 0 Å². The molecule has 0 spiro atoms. The van der Waals surface area contributed by atoms with Gasteiger partial charge in [-0.1, -0.05) is 36.4 Å². The normalized spacial score (nSPS) is 23.1. The van der Waals surface area contributed by atoms with E-state index < -0.39 is 0 Å². The van der Waals surface area contributed by atoms with Crippen molar-refractivity contribution >= 4 is 0 Å². The minimum atomic E-state index is 0.463. The lowest BCUT2D eigenvalue weighted by Crippen LogP contribution is -2.15. The quantitative estimate of drug-likeness (QED) is 0.602. The number of hydrogen-bond acceptors (Lipinski definition) is 1. The molecule has 0 saturated carbocycles. The van der Waals surface area contributed by atoms with Crippen molar-refractivity contribution in [2.75, 3.05) is 0 Å². The largest absolute Gasteiger partial charge is 0.493 e. The fraction of sp³-hybridized carbons (Fsp3) is 0.231. The monoisotopic (exact) mass is 184 g/mol. The van der Waals surface area contributed by atoms with Crippen LogP contribution >= 0.6 is 0 Å². The molecular formula is C13H12O. The molecular weight excluding hydrogens is 172 g/mol. The second-order valence-electron chi connectivity index (χ2n) is 3.77. The molecule has 0 radical (unpaired) electrons. The standard InChI is InChI=1S/C13H12O/c1-2-6-11-10(5-1)9-14-13-8-4-3-7-12(11)13/h1-6,8,12H,7,9H2. The van der Waals surface area contributed by atoms with Gasteiger partial charge in [-0.05, 0) is 23.6 Å². The van der Waals surface area contributed by atoms with Crippen LogP contribution in [0.4, 0.5) is 0 Å². The average molecular weight is 184 g/mol. The molecule has 1 heteroatoms. The van der Waals surface area contributed by atoms with Gasteiger partial charge in [0.15, 0.2) is 0 Å². The third-order valence-corrected chi connectivity index (χ3v) is 2.94. The van der Waals surface area contributed by atoms with E-state index in [2.05, 4.69) is 42.5 Å². The van der Waals surface area contributed by atoms with Crippen molar-refractivity contribution in [2.45, 2.75) is 18.9 Å². The third kappa shape index (κ3) is 1.09. The van der Waals surface area contributed by atoms with Crippen LogP contribution in [-0.4, -0.2) is 0 Å². The maximum absolute atomic E-state index is 5.72. The Morgan fingerprint density at radius 2 is 2.14 bits per heavy atom. The Balaban J connectivity index is 2.10. The molecule has 0 aromatic heterocycles. The number of ether oxygens (including phenoxy) is 1. The van der Waals surface area contributed by atoms with E-state index in [1.807, 2.05) is 0 Å². The minimum absolute atomic E-state index is 0.463. The van der Waals surface area contributed by atoms with Crippen LogP contribution in [-0.2, 0) is 11.3 Å². The summed E-state index contributed by atoms with van der Waals surface area (Å²) >= 11 is 0. The van der Waals surface area contributed by atoms with Crippen molar-refractivity contribution in [3.8, 4) is 0 Å². The highest BCUT2D eigenvalue weighted by molar-refractivity contribution is 5.39. The van der Waals surface area contributed by atoms with E-state index in [0.29, 0.717) is 5.92 Å². The van der Waals surface area contributed by atoms with E-state index in [1.54, 1.807) is 0 Å². The molecule has 1 heterocycles. The maximum Gasteiger partial charge on any atom is 0.113 e. The van der Waals surface area contributed by atoms with Gasteiger partial charge in [0.1, 0.15) is 12.4 Å². The molecule has 3 rings (SSSR count). The van der Waals surface area contributed by atoms with Gasteiger partial charge >= 0.3 is 0 Å². The molecule has 0 fully saturated rings. The van der Waals surface area contributed by atoms with Crippen molar-refractivity contribution in [1.82, 2.24) is 0 Å². The molecule has 1 atom stereocenters. The fourth-order valence-corrected chi connectivity index (χ4v) is 2.21. The van der Waals surface area contributed by atoms with Crippen molar-refractivity contribution in [3.63, 3.8) is 0 Å². The zero-order valence-corrected chi connectivity index (χ0v) is 7.94. The Morgan fingerprint density at radius 3 is 3.14 bits per heavy atom. The van der Waals surface area contributed by atoms with E-state index in [1.165, 1.54) is 11.1 Å². The molecule has 0 N–H and O–H groups in total. The Bertz CT molecular complexity index is 415. The van der Waals surface area contributed by atoms with Gasteiger partial charge in [0.2, 0.25) is 0 Å². The second kappa shape index (κ2) is 3.02. The topological polar surface area (TPSA) is 9.23 Å². The first-order valence-corrected chi connectivity index (χ1v) is 5.02. The van der Waals surface area contributed by atoms with Gasteiger partial charge in [-0.3, -0.25) is 0 Å². The minimum Gasteiger partial charge on any atom is -0.493 e. The predicted octanol–water partition coefficient (Wildman–Crippen LogP) is 3.14. The molecule has 1 unspecified atom stereocenters. The summed E-state index contributed by atoms with van der Waals surface area (Å²) in [5.41, 5.74) is 2.78. The van der Waals surface area contributed by atoms with E-state index in [4.69, 9.17) is 4.74 Å². The van der Waals surface area contributed by atoms with E-state index in [-0.39, 0.29) is 0 Å². The molecule has 1 aliphatic carbocycles. The SMILES string of the molecule is C1=CCC2C(=C1)OCc1ccccc12. The first-order valence-electron chi connectivity index (χ1n) is 5.02. The van der Waals surface area contributed by atoms with Gasteiger partial charge in [0, 0.05) is 5.92 Å². The van der Waals surface area contributed by atoms with Crippen molar-refractivity contribution < 1.29 is 4.74 Å². The van der Waals surface area contributed by atoms with Gasteiger partial charge in [-0.15, -0.1) is 0 Å². The number of rotatable bonds is 0. The van der Waals surface area contributed by atoms with Crippen LogP contribution in [0.3, 0.4) is 0 Å². The van der Waals surface area contributed by atoms with Crippen molar-refractivity contribution in [2.24, 2.45) is 0 Å². The van der Waals surface area contributed by atoms with Crippen molar-refractivity contribution in [3.05, 3.63) is 59.4 Å². The van der Waals surface area contributed by atoms with Crippen LogP contribution in [0.15, 0.2) is 48.3 Å². The second-order valence-corrected chi connectivity index (χ2v) is 3.77. The Morgan fingerprint density at radius 1 is 1.21 bits per heavy atom. The predicted molar refractivity (Wildman–Crippen MR) is 55.8 cm³/mol. The number of fused-ring (bicyclic) bond motifs is 3. The first-order chi connectivity index (χ1) is 6.95. The van der Waals surface area contributed by atoms with Gasteiger partial charge < -0.3 is 4.74 Å². The number of allylic oxidation sites excluding steroid dienone is 4. The van der Waals surface area contributed by atoms with Crippen LogP contribution in [0.1, 0.15) is 23.5 Å². The molecule has 1 aliphatic heterocycles.